The monoisotopic (exact) mass is 323 g/mol. The zero-order valence-corrected chi connectivity index (χ0v) is 14.6. The van der Waals surface area contributed by atoms with Crippen LogP contribution in [0.4, 0.5) is 0 Å². The average molecular weight is 323 g/mol. The van der Waals surface area contributed by atoms with Crippen LogP contribution in [0.15, 0.2) is 4.99 Å². The van der Waals surface area contributed by atoms with Crippen LogP contribution in [0.3, 0.4) is 0 Å². The molecule has 2 heterocycles. The lowest BCUT2D eigenvalue weighted by molar-refractivity contribution is -0.0320. The van der Waals surface area contributed by atoms with Crippen LogP contribution in [0.5, 0.6) is 0 Å². The van der Waals surface area contributed by atoms with Crippen LogP contribution in [-0.4, -0.2) is 63.5 Å². The molecule has 0 bridgehead atoms. The van der Waals surface area contributed by atoms with Gasteiger partial charge in [0.1, 0.15) is 0 Å². The van der Waals surface area contributed by atoms with Crippen molar-refractivity contribution >= 4 is 5.96 Å². The lowest BCUT2D eigenvalue weighted by Gasteiger charge is -2.23. The molecule has 0 aromatic carbocycles. The number of hydrogen-bond donors (Lipinski definition) is 1. The Hall–Kier alpha value is -0.810. The summed E-state index contributed by atoms with van der Waals surface area (Å²) in [6, 6.07) is 0. The van der Waals surface area contributed by atoms with E-state index in [-0.39, 0.29) is 0 Å². The maximum absolute atomic E-state index is 5.93. The highest BCUT2D eigenvalue weighted by Crippen LogP contribution is 2.35. The number of nitrogens with one attached hydrogen (secondary N) is 1. The topological polar surface area (TPSA) is 46.1 Å². The first-order valence-electron chi connectivity index (χ1n) is 9.51. The zero-order valence-electron chi connectivity index (χ0n) is 14.6. The number of likely N-dealkylation sites (tertiary alicyclic amines) is 1. The molecule has 1 saturated carbocycles. The van der Waals surface area contributed by atoms with Crippen molar-refractivity contribution in [3.05, 3.63) is 0 Å². The van der Waals surface area contributed by atoms with Gasteiger partial charge in [-0.25, -0.2) is 0 Å². The number of guanidine groups is 1. The van der Waals surface area contributed by atoms with Crippen molar-refractivity contribution in [2.24, 2.45) is 16.8 Å². The van der Waals surface area contributed by atoms with E-state index in [1.807, 2.05) is 7.05 Å². The van der Waals surface area contributed by atoms with Crippen LogP contribution in [0.25, 0.3) is 0 Å². The Labute approximate surface area is 140 Å². The summed E-state index contributed by atoms with van der Waals surface area (Å²) in [5, 5.41) is 3.53. The Morgan fingerprint density at radius 2 is 1.83 bits per heavy atom. The Kier molecular flexibility index (Phi) is 6.57. The molecule has 2 saturated heterocycles. The molecule has 2 unspecified atom stereocenters. The van der Waals surface area contributed by atoms with Crippen LogP contribution in [0.1, 0.15) is 44.9 Å². The van der Waals surface area contributed by atoms with Gasteiger partial charge in [0.15, 0.2) is 5.96 Å². The van der Waals surface area contributed by atoms with Crippen molar-refractivity contribution in [1.82, 2.24) is 10.2 Å². The lowest BCUT2D eigenvalue weighted by Crippen LogP contribution is -2.41. The van der Waals surface area contributed by atoms with E-state index in [0.29, 0.717) is 6.10 Å². The van der Waals surface area contributed by atoms with Gasteiger partial charge in [-0.05, 0) is 43.9 Å². The molecule has 132 valence electrons. The fourth-order valence-corrected chi connectivity index (χ4v) is 4.28. The molecule has 0 spiro atoms. The predicted molar refractivity (Wildman–Crippen MR) is 92.8 cm³/mol. The molecule has 0 aromatic rings. The van der Waals surface area contributed by atoms with Crippen LogP contribution in [0.2, 0.25) is 0 Å². The van der Waals surface area contributed by atoms with Crippen LogP contribution >= 0.6 is 0 Å². The van der Waals surface area contributed by atoms with Crippen molar-refractivity contribution in [1.29, 1.82) is 0 Å². The van der Waals surface area contributed by atoms with E-state index in [4.69, 9.17) is 9.47 Å². The fourth-order valence-electron chi connectivity index (χ4n) is 4.28. The van der Waals surface area contributed by atoms with Crippen LogP contribution in [-0.2, 0) is 9.47 Å². The van der Waals surface area contributed by atoms with Crippen molar-refractivity contribution in [3.63, 3.8) is 0 Å². The normalized spacial score (nSPS) is 29.6. The predicted octanol–water partition coefficient (Wildman–Crippen LogP) is 2.27. The first-order chi connectivity index (χ1) is 11.4. The van der Waals surface area contributed by atoms with E-state index in [1.165, 1.54) is 38.8 Å². The van der Waals surface area contributed by atoms with Gasteiger partial charge in [0.05, 0.1) is 6.10 Å². The second-order valence-electron chi connectivity index (χ2n) is 7.22. The van der Waals surface area contributed by atoms with Crippen molar-refractivity contribution in [2.45, 2.75) is 51.0 Å². The number of nitrogens with zero attached hydrogens (tertiary/aromatic N) is 2. The second kappa shape index (κ2) is 8.88. The third-order valence-corrected chi connectivity index (χ3v) is 5.61. The van der Waals surface area contributed by atoms with E-state index in [2.05, 4.69) is 15.2 Å². The number of rotatable bonds is 5. The minimum Gasteiger partial charge on any atom is -0.381 e. The summed E-state index contributed by atoms with van der Waals surface area (Å²) in [6.07, 6.45) is 9.21. The van der Waals surface area contributed by atoms with E-state index in [0.717, 1.165) is 63.4 Å². The molecule has 3 rings (SSSR count). The summed E-state index contributed by atoms with van der Waals surface area (Å²) < 4.78 is 11.3. The van der Waals surface area contributed by atoms with Gasteiger partial charge in [-0.15, -0.1) is 0 Å². The Balaban J connectivity index is 1.32. The highest BCUT2D eigenvalue weighted by atomic mass is 16.5. The molecule has 3 aliphatic rings. The Morgan fingerprint density at radius 3 is 2.48 bits per heavy atom. The van der Waals surface area contributed by atoms with E-state index < -0.39 is 0 Å². The maximum Gasteiger partial charge on any atom is 0.193 e. The highest BCUT2D eigenvalue weighted by molar-refractivity contribution is 5.80. The molecular weight excluding hydrogens is 290 g/mol. The Morgan fingerprint density at radius 1 is 1.13 bits per heavy atom. The lowest BCUT2D eigenvalue weighted by atomic mass is 9.82. The highest BCUT2D eigenvalue weighted by Gasteiger charge is 2.35. The first kappa shape index (κ1) is 17.0. The van der Waals surface area contributed by atoms with Gasteiger partial charge >= 0.3 is 0 Å². The molecule has 0 radical (unpaired) electrons. The van der Waals surface area contributed by atoms with Gasteiger partial charge < -0.3 is 19.7 Å². The Bertz CT molecular complexity index is 368. The largest absolute Gasteiger partial charge is 0.381 e. The zero-order chi connectivity index (χ0) is 15.9. The quantitative estimate of drug-likeness (QED) is 0.479. The number of hydrogen-bond acceptors (Lipinski definition) is 3. The third-order valence-electron chi connectivity index (χ3n) is 5.61. The van der Waals surface area contributed by atoms with Crippen LogP contribution in [0, 0.1) is 11.8 Å². The van der Waals surface area contributed by atoms with E-state index in [1.54, 1.807) is 0 Å². The number of fused-ring (bicyclic) bond motifs is 1. The van der Waals surface area contributed by atoms with Crippen molar-refractivity contribution < 1.29 is 9.47 Å². The van der Waals surface area contributed by atoms with Gasteiger partial charge in [0.25, 0.3) is 0 Å². The molecule has 3 fully saturated rings. The standard InChI is InChI=1S/C18H33N3O2/c1-19-18(21-13-15-5-2-3-6-16(15)14-21)20-9-4-10-23-17-7-11-22-12-8-17/h15-17H,2-14H2,1H3,(H,19,20). The van der Waals surface area contributed by atoms with Gasteiger partial charge in [0.2, 0.25) is 0 Å². The van der Waals surface area contributed by atoms with Gasteiger partial charge in [-0.2, -0.15) is 0 Å². The third kappa shape index (κ3) is 4.83. The van der Waals surface area contributed by atoms with Gasteiger partial charge in [-0.3, -0.25) is 4.99 Å². The molecule has 0 amide bonds. The average Bonchev–Trinajstić information content (AvgIpc) is 3.03. The molecule has 1 aliphatic carbocycles. The SMILES string of the molecule is CN=C(NCCCOC1CCOCC1)N1CC2CCCCC2C1. The summed E-state index contributed by atoms with van der Waals surface area (Å²) in [4.78, 5) is 6.96. The molecule has 5 heteroatoms. The number of aliphatic imine (C=N–C) groups is 1. The van der Waals surface area contributed by atoms with E-state index in [9.17, 15) is 0 Å². The second-order valence-corrected chi connectivity index (χ2v) is 7.22. The van der Waals surface area contributed by atoms with Crippen LogP contribution < -0.4 is 5.32 Å². The molecule has 0 aromatic heterocycles. The van der Waals surface area contributed by atoms with Crippen molar-refractivity contribution in [2.75, 3.05) is 46.5 Å². The summed E-state index contributed by atoms with van der Waals surface area (Å²) in [7, 11) is 1.91. The van der Waals surface area contributed by atoms with Gasteiger partial charge in [-0.1, -0.05) is 12.8 Å². The summed E-state index contributed by atoms with van der Waals surface area (Å²) in [5.74, 6) is 2.89. The molecular formula is C18H33N3O2. The van der Waals surface area contributed by atoms with Crippen molar-refractivity contribution in [3.8, 4) is 0 Å². The first-order valence-corrected chi connectivity index (χ1v) is 9.51. The summed E-state index contributed by atoms with van der Waals surface area (Å²) in [6.45, 7) is 5.88. The number of ether oxygens (including phenoxy) is 2. The minimum absolute atomic E-state index is 0.407. The minimum atomic E-state index is 0.407. The fraction of sp³-hybridized carbons (Fsp3) is 0.944. The molecule has 5 nitrogen and oxygen atoms in total. The summed E-state index contributed by atoms with van der Waals surface area (Å²) >= 11 is 0. The maximum atomic E-state index is 5.93. The summed E-state index contributed by atoms with van der Waals surface area (Å²) in [5.41, 5.74) is 0. The molecule has 2 aliphatic heterocycles. The molecule has 23 heavy (non-hydrogen) atoms. The van der Waals surface area contributed by atoms with E-state index >= 15 is 0 Å². The molecule has 1 N–H and O–H groups in total. The smallest absolute Gasteiger partial charge is 0.193 e. The molecule has 2 atom stereocenters. The van der Waals surface area contributed by atoms with Gasteiger partial charge in [0, 0.05) is 46.5 Å².